The van der Waals surface area contributed by atoms with Crippen molar-refractivity contribution < 1.29 is 4.79 Å². The smallest absolute Gasteiger partial charge is 0.192 e. The standard InChI is InChI=1S/C15H18O.C2H6.CH3B/c1-5-9-11-13(7-3)15(16)14(8-4)12-10-6-2;2*1-2/h5-12H,1,4H2,2-3H3;1-2H3;1H3/b10-6-,11-9-,13-7+,14-12+;;. The molecule has 0 unspecified atom stereocenters. The number of hydrogen-bond donors (Lipinski definition) is 0. The lowest BCUT2D eigenvalue weighted by molar-refractivity contribution is -0.111. The first-order valence-corrected chi connectivity index (χ1v) is 6.74. The fraction of sp³-hybridized carbons (Fsp3) is 0.278. The third-order valence-electron chi connectivity index (χ3n) is 1.94. The first-order valence-electron chi connectivity index (χ1n) is 6.74. The molecular formula is C18H27BO. The Morgan fingerprint density at radius 1 is 1.00 bits per heavy atom. The minimum Gasteiger partial charge on any atom is -0.289 e. The maximum Gasteiger partial charge on any atom is 0.192 e. The van der Waals surface area contributed by atoms with Gasteiger partial charge in [-0.3, -0.25) is 4.79 Å². The largest absolute Gasteiger partial charge is 0.289 e. The molecule has 0 aliphatic carbocycles. The third kappa shape index (κ3) is 11.3. The summed E-state index contributed by atoms with van der Waals surface area (Å²) < 4.78 is 0. The van der Waals surface area contributed by atoms with Crippen LogP contribution in [0, 0.1) is 0 Å². The minimum absolute atomic E-state index is 0.0336. The number of allylic oxidation sites excluding steroid dienone is 10. The molecule has 2 heteroatoms. The third-order valence-corrected chi connectivity index (χ3v) is 1.94. The van der Waals surface area contributed by atoms with Crippen molar-refractivity contribution in [2.24, 2.45) is 0 Å². The van der Waals surface area contributed by atoms with E-state index >= 15 is 0 Å². The van der Waals surface area contributed by atoms with Crippen molar-refractivity contribution in [3.8, 4) is 0 Å². The van der Waals surface area contributed by atoms with Gasteiger partial charge in [-0.05, 0) is 13.8 Å². The molecule has 0 saturated carbocycles. The first kappa shape index (κ1) is 23.3. The molecule has 0 saturated heterocycles. The highest BCUT2D eigenvalue weighted by Gasteiger charge is 2.08. The second kappa shape index (κ2) is 19.5. The molecule has 20 heavy (non-hydrogen) atoms. The number of rotatable bonds is 6. The topological polar surface area (TPSA) is 17.1 Å². The van der Waals surface area contributed by atoms with E-state index in [1.165, 1.54) is 6.82 Å². The van der Waals surface area contributed by atoms with Gasteiger partial charge < -0.3 is 0 Å². The maximum absolute atomic E-state index is 12.0. The van der Waals surface area contributed by atoms with Crippen molar-refractivity contribution >= 4 is 13.6 Å². The summed E-state index contributed by atoms with van der Waals surface area (Å²) in [6.07, 6.45) is 13.9. The molecule has 0 bridgehead atoms. The Labute approximate surface area is 126 Å². The predicted octanol–water partition coefficient (Wildman–Crippen LogP) is 5.16. The minimum atomic E-state index is -0.0336. The van der Waals surface area contributed by atoms with Gasteiger partial charge in [-0.2, -0.15) is 0 Å². The molecule has 0 aromatic carbocycles. The zero-order valence-electron chi connectivity index (χ0n) is 13.5. The Bertz CT molecular complexity index is 382. The van der Waals surface area contributed by atoms with E-state index in [4.69, 9.17) is 0 Å². The van der Waals surface area contributed by atoms with Crippen molar-refractivity contribution in [3.63, 3.8) is 0 Å². The molecule has 1 nitrogen and oxygen atoms in total. The van der Waals surface area contributed by atoms with E-state index in [0.717, 1.165) is 0 Å². The van der Waals surface area contributed by atoms with Gasteiger partial charge in [-0.1, -0.05) is 82.4 Å². The molecule has 0 amide bonds. The van der Waals surface area contributed by atoms with Crippen molar-refractivity contribution in [1.82, 2.24) is 0 Å². The number of ketones is 1. The molecule has 0 aromatic rings. The van der Waals surface area contributed by atoms with Gasteiger partial charge in [0.2, 0.25) is 0 Å². The number of Topliss-reactive ketones (excluding diaryl/α,β-unsaturated/α-hetero) is 1. The van der Waals surface area contributed by atoms with Gasteiger partial charge in [0.15, 0.2) is 5.78 Å². The monoisotopic (exact) mass is 270 g/mol. The average Bonchev–Trinajstić information content (AvgIpc) is 2.52. The SMILES string of the molecule is C=C/C=C\C(=C/C)C(=O)/C(C=C)=C/C=C\C.CC.[B]C. The number of carbonyl (C=O) groups excluding carboxylic acids is 1. The Kier molecular flexibility index (Phi) is 22.7. The number of hydrogen-bond acceptors (Lipinski definition) is 1. The first-order chi connectivity index (χ1) is 9.71. The molecule has 108 valence electrons. The Balaban J connectivity index is -0.000000656. The molecule has 0 atom stereocenters. The van der Waals surface area contributed by atoms with Crippen molar-refractivity contribution in [2.45, 2.75) is 34.5 Å². The Morgan fingerprint density at radius 2 is 1.55 bits per heavy atom. The van der Waals surface area contributed by atoms with Crippen LogP contribution in [-0.4, -0.2) is 13.6 Å². The molecule has 0 aliphatic rings. The van der Waals surface area contributed by atoms with Crippen LogP contribution in [0.1, 0.15) is 27.7 Å². The summed E-state index contributed by atoms with van der Waals surface area (Å²) in [5, 5.41) is 0. The van der Waals surface area contributed by atoms with E-state index in [1.807, 2.05) is 39.8 Å². The zero-order valence-corrected chi connectivity index (χ0v) is 13.5. The van der Waals surface area contributed by atoms with Crippen molar-refractivity contribution in [3.05, 3.63) is 72.9 Å². The lowest BCUT2D eigenvalue weighted by atomic mass is 10.0. The summed E-state index contributed by atoms with van der Waals surface area (Å²) in [6, 6.07) is 0. The van der Waals surface area contributed by atoms with Crippen molar-refractivity contribution in [1.29, 1.82) is 0 Å². The average molecular weight is 270 g/mol. The summed E-state index contributed by atoms with van der Waals surface area (Å²) in [4.78, 5) is 12.0. The molecule has 0 aromatic heterocycles. The summed E-state index contributed by atoms with van der Waals surface area (Å²) in [5.41, 5.74) is 1.22. The van der Waals surface area contributed by atoms with Gasteiger partial charge in [0.1, 0.15) is 0 Å². The highest BCUT2D eigenvalue weighted by molar-refractivity contribution is 6.11. The molecule has 0 heterocycles. The summed E-state index contributed by atoms with van der Waals surface area (Å²) in [7, 11) is 4.50. The normalized spacial score (nSPS) is 11.2. The van der Waals surface area contributed by atoms with Crippen LogP contribution in [-0.2, 0) is 4.79 Å². The van der Waals surface area contributed by atoms with Crippen LogP contribution < -0.4 is 0 Å². The molecule has 0 rings (SSSR count). The maximum atomic E-state index is 12.0. The van der Waals surface area contributed by atoms with Crippen LogP contribution in [0.4, 0.5) is 0 Å². The second-order valence-corrected chi connectivity index (χ2v) is 3.02. The number of carbonyl (C=O) groups is 1. The van der Waals surface area contributed by atoms with Crippen molar-refractivity contribution in [2.75, 3.05) is 0 Å². The summed E-state index contributed by atoms with van der Waals surface area (Å²) in [6.45, 7) is 16.4. The van der Waals surface area contributed by atoms with Gasteiger partial charge in [-0.15, -0.1) is 0 Å². The van der Waals surface area contributed by atoms with E-state index < -0.39 is 0 Å². The van der Waals surface area contributed by atoms with Crippen LogP contribution in [0.3, 0.4) is 0 Å². The molecule has 0 spiro atoms. The van der Waals surface area contributed by atoms with E-state index in [9.17, 15) is 4.79 Å². The Hall–Kier alpha value is -1.83. The molecule has 0 N–H and O–H groups in total. The highest BCUT2D eigenvalue weighted by Crippen LogP contribution is 2.09. The quantitative estimate of drug-likeness (QED) is 0.370. The predicted molar refractivity (Wildman–Crippen MR) is 94.2 cm³/mol. The fourth-order valence-electron chi connectivity index (χ4n) is 1.08. The van der Waals surface area contributed by atoms with E-state index in [2.05, 4.69) is 21.0 Å². The molecule has 2 radical (unpaired) electrons. The van der Waals surface area contributed by atoms with E-state index in [0.29, 0.717) is 11.1 Å². The summed E-state index contributed by atoms with van der Waals surface area (Å²) in [5.74, 6) is -0.0336. The van der Waals surface area contributed by atoms with Crippen LogP contribution in [0.2, 0.25) is 6.82 Å². The second-order valence-electron chi connectivity index (χ2n) is 3.02. The zero-order chi connectivity index (χ0) is 16.4. The van der Waals surface area contributed by atoms with E-state index in [-0.39, 0.29) is 5.78 Å². The highest BCUT2D eigenvalue weighted by atomic mass is 16.1. The van der Waals surface area contributed by atoms with Gasteiger partial charge in [-0.25, -0.2) is 0 Å². The lowest BCUT2D eigenvalue weighted by Crippen LogP contribution is -2.02. The van der Waals surface area contributed by atoms with Gasteiger partial charge in [0.05, 0.1) is 7.85 Å². The lowest BCUT2D eigenvalue weighted by Gasteiger charge is -2.00. The Morgan fingerprint density at radius 3 is 1.90 bits per heavy atom. The van der Waals surface area contributed by atoms with Crippen LogP contribution in [0.15, 0.2) is 72.9 Å². The molecule has 0 fully saturated rings. The van der Waals surface area contributed by atoms with E-state index in [1.54, 1.807) is 36.5 Å². The van der Waals surface area contributed by atoms with Crippen LogP contribution in [0.25, 0.3) is 0 Å². The fourth-order valence-corrected chi connectivity index (χ4v) is 1.08. The van der Waals surface area contributed by atoms with Crippen LogP contribution >= 0.6 is 0 Å². The van der Waals surface area contributed by atoms with Gasteiger partial charge in [0.25, 0.3) is 0 Å². The molecular weight excluding hydrogens is 243 g/mol. The molecule has 0 aliphatic heterocycles. The van der Waals surface area contributed by atoms with Crippen LogP contribution in [0.5, 0.6) is 0 Å². The van der Waals surface area contributed by atoms with Gasteiger partial charge >= 0.3 is 0 Å². The van der Waals surface area contributed by atoms with Gasteiger partial charge in [0, 0.05) is 11.1 Å². The summed E-state index contributed by atoms with van der Waals surface area (Å²) >= 11 is 0.